The van der Waals surface area contributed by atoms with E-state index in [4.69, 9.17) is 0 Å². The molecule has 0 bridgehead atoms. The van der Waals surface area contributed by atoms with Gasteiger partial charge >= 0.3 is 0 Å². The molecular weight excluding hydrogens is 212 g/mol. The van der Waals surface area contributed by atoms with Gasteiger partial charge < -0.3 is 14.9 Å². The van der Waals surface area contributed by atoms with Crippen molar-refractivity contribution in [3.63, 3.8) is 0 Å². The molecule has 0 saturated carbocycles. The summed E-state index contributed by atoms with van der Waals surface area (Å²) in [6, 6.07) is 8.49. The van der Waals surface area contributed by atoms with E-state index in [0.29, 0.717) is 6.54 Å². The highest BCUT2D eigenvalue weighted by atomic mass is 16.3. The second-order valence-electron chi connectivity index (χ2n) is 4.42. The molecule has 17 heavy (non-hydrogen) atoms. The first-order valence-electron chi connectivity index (χ1n) is 6.32. The lowest BCUT2D eigenvalue weighted by Crippen LogP contribution is -2.27. The van der Waals surface area contributed by atoms with Gasteiger partial charge in [-0.25, -0.2) is 0 Å². The molecule has 0 amide bonds. The van der Waals surface area contributed by atoms with Crippen molar-refractivity contribution in [2.24, 2.45) is 0 Å². The molecule has 0 saturated heterocycles. The number of likely N-dealkylation sites (N-methyl/N-ethyl adjacent to an activating group) is 1. The minimum atomic E-state index is -0.303. The number of anilines is 2. The van der Waals surface area contributed by atoms with Crippen LogP contribution in [0.25, 0.3) is 0 Å². The summed E-state index contributed by atoms with van der Waals surface area (Å²) in [4.78, 5) is 4.38. The topological polar surface area (TPSA) is 26.7 Å². The van der Waals surface area contributed by atoms with E-state index in [1.165, 1.54) is 5.69 Å². The molecule has 3 heteroatoms. The van der Waals surface area contributed by atoms with Crippen molar-refractivity contribution in [2.75, 3.05) is 36.5 Å². The Morgan fingerprint density at radius 1 is 1.06 bits per heavy atom. The number of nitrogens with zero attached hydrogens (tertiary/aromatic N) is 2. The Kier molecular flexibility index (Phi) is 5.29. The van der Waals surface area contributed by atoms with Crippen molar-refractivity contribution < 1.29 is 5.11 Å². The Labute approximate surface area is 105 Å². The standard InChI is InChI=1S/C14H24N2O/c1-5-16(6-2)14-9-7-13(8-10-14)15(4)11-12(3)17/h7-10,12,17H,5-6,11H2,1-4H3. The molecule has 0 aliphatic heterocycles. The first-order valence-corrected chi connectivity index (χ1v) is 6.32. The minimum Gasteiger partial charge on any atom is -0.392 e. The van der Waals surface area contributed by atoms with Gasteiger partial charge in [0.2, 0.25) is 0 Å². The van der Waals surface area contributed by atoms with Gasteiger partial charge in [0.25, 0.3) is 0 Å². The lowest BCUT2D eigenvalue weighted by molar-refractivity contribution is 0.201. The van der Waals surface area contributed by atoms with Crippen LogP contribution in [0.5, 0.6) is 0 Å². The molecule has 0 aliphatic carbocycles. The van der Waals surface area contributed by atoms with Crippen LogP contribution in [0.3, 0.4) is 0 Å². The van der Waals surface area contributed by atoms with Gasteiger partial charge in [0.15, 0.2) is 0 Å². The predicted octanol–water partition coefficient (Wildman–Crippen LogP) is 2.35. The van der Waals surface area contributed by atoms with E-state index in [9.17, 15) is 5.11 Å². The Bertz CT molecular complexity index is 317. The zero-order chi connectivity index (χ0) is 12.8. The Balaban J connectivity index is 2.73. The molecule has 1 N–H and O–H groups in total. The molecule has 96 valence electrons. The summed E-state index contributed by atoms with van der Waals surface area (Å²) in [5.74, 6) is 0. The predicted molar refractivity (Wildman–Crippen MR) is 75.0 cm³/mol. The summed E-state index contributed by atoms with van der Waals surface area (Å²) in [5.41, 5.74) is 2.39. The third-order valence-electron chi connectivity index (χ3n) is 2.96. The fraction of sp³-hybridized carbons (Fsp3) is 0.571. The molecule has 0 fully saturated rings. The highest BCUT2D eigenvalue weighted by molar-refractivity contribution is 5.56. The smallest absolute Gasteiger partial charge is 0.0686 e. The number of aliphatic hydroxyl groups excluding tert-OH is 1. The van der Waals surface area contributed by atoms with Gasteiger partial charge in [-0.3, -0.25) is 0 Å². The minimum absolute atomic E-state index is 0.303. The van der Waals surface area contributed by atoms with Gasteiger partial charge in [-0.05, 0) is 45.0 Å². The number of hydrogen-bond donors (Lipinski definition) is 1. The van der Waals surface area contributed by atoms with Crippen molar-refractivity contribution >= 4 is 11.4 Å². The van der Waals surface area contributed by atoms with Crippen LogP contribution in [0.4, 0.5) is 11.4 Å². The van der Waals surface area contributed by atoms with Crippen LogP contribution in [0.15, 0.2) is 24.3 Å². The molecule has 0 aliphatic rings. The summed E-state index contributed by atoms with van der Waals surface area (Å²) in [6.07, 6.45) is -0.303. The summed E-state index contributed by atoms with van der Waals surface area (Å²) in [5, 5.41) is 9.35. The van der Waals surface area contributed by atoms with Gasteiger partial charge in [0, 0.05) is 38.1 Å². The molecule has 3 nitrogen and oxygen atoms in total. The largest absolute Gasteiger partial charge is 0.392 e. The second-order valence-corrected chi connectivity index (χ2v) is 4.42. The molecule has 1 aromatic rings. The van der Waals surface area contributed by atoms with E-state index < -0.39 is 0 Å². The number of hydrogen-bond acceptors (Lipinski definition) is 3. The van der Waals surface area contributed by atoms with Crippen LogP contribution < -0.4 is 9.80 Å². The van der Waals surface area contributed by atoms with Crippen molar-refractivity contribution in [2.45, 2.75) is 26.9 Å². The maximum Gasteiger partial charge on any atom is 0.0686 e. The average Bonchev–Trinajstić information content (AvgIpc) is 2.30. The molecule has 0 spiro atoms. The lowest BCUT2D eigenvalue weighted by atomic mass is 10.2. The summed E-state index contributed by atoms with van der Waals surface area (Å²) >= 11 is 0. The van der Waals surface area contributed by atoms with Crippen molar-refractivity contribution in [1.82, 2.24) is 0 Å². The van der Waals surface area contributed by atoms with Crippen molar-refractivity contribution in [3.8, 4) is 0 Å². The highest BCUT2D eigenvalue weighted by Crippen LogP contribution is 2.20. The summed E-state index contributed by atoms with van der Waals surface area (Å²) < 4.78 is 0. The van der Waals surface area contributed by atoms with Crippen LogP contribution in [0, 0.1) is 0 Å². The first-order chi connectivity index (χ1) is 8.08. The highest BCUT2D eigenvalue weighted by Gasteiger charge is 2.05. The normalized spacial score (nSPS) is 12.3. The quantitative estimate of drug-likeness (QED) is 0.821. The Morgan fingerprint density at radius 3 is 1.94 bits per heavy atom. The van der Waals surface area contributed by atoms with E-state index in [1.54, 1.807) is 6.92 Å². The van der Waals surface area contributed by atoms with E-state index in [-0.39, 0.29) is 6.10 Å². The first kappa shape index (κ1) is 13.8. The number of aliphatic hydroxyl groups is 1. The van der Waals surface area contributed by atoms with Gasteiger partial charge in [-0.1, -0.05) is 0 Å². The summed E-state index contributed by atoms with van der Waals surface area (Å²) in [7, 11) is 2.00. The molecule has 0 aromatic heterocycles. The van der Waals surface area contributed by atoms with Gasteiger partial charge in [0.1, 0.15) is 0 Å². The van der Waals surface area contributed by atoms with Crippen LogP contribution in [0.2, 0.25) is 0 Å². The molecule has 0 heterocycles. The van der Waals surface area contributed by atoms with Crippen LogP contribution >= 0.6 is 0 Å². The Hall–Kier alpha value is -1.22. The van der Waals surface area contributed by atoms with Gasteiger partial charge in [0.05, 0.1) is 6.10 Å². The fourth-order valence-corrected chi connectivity index (χ4v) is 2.01. The molecule has 1 atom stereocenters. The maximum absolute atomic E-state index is 9.35. The van der Waals surface area contributed by atoms with Gasteiger partial charge in [-0.15, -0.1) is 0 Å². The Morgan fingerprint density at radius 2 is 1.53 bits per heavy atom. The van der Waals surface area contributed by atoms with Crippen molar-refractivity contribution in [3.05, 3.63) is 24.3 Å². The van der Waals surface area contributed by atoms with Crippen LogP contribution in [-0.2, 0) is 0 Å². The zero-order valence-corrected chi connectivity index (χ0v) is 11.3. The summed E-state index contributed by atoms with van der Waals surface area (Å²) in [6.45, 7) is 8.85. The van der Waals surface area contributed by atoms with Crippen molar-refractivity contribution in [1.29, 1.82) is 0 Å². The molecule has 1 rings (SSSR count). The SMILES string of the molecule is CCN(CC)c1ccc(N(C)CC(C)O)cc1. The molecule has 0 radical (unpaired) electrons. The van der Waals surface area contributed by atoms with E-state index in [2.05, 4.69) is 47.9 Å². The van der Waals surface area contributed by atoms with E-state index >= 15 is 0 Å². The van der Waals surface area contributed by atoms with E-state index in [0.717, 1.165) is 18.8 Å². The zero-order valence-electron chi connectivity index (χ0n) is 11.3. The number of rotatable bonds is 6. The number of benzene rings is 1. The molecule has 1 aromatic carbocycles. The third kappa shape index (κ3) is 3.93. The lowest BCUT2D eigenvalue weighted by Gasteiger charge is -2.24. The van der Waals surface area contributed by atoms with Gasteiger partial charge in [-0.2, -0.15) is 0 Å². The fourth-order valence-electron chi connectivity index (χ4n) is 2.01. The third-order valence-corrected chi connectivity index (χ3v) is 2.96. The molecule has 1 unspecified atom stereocenters. The maximum atomic E-state index is 9.35. The van der Waals surface area contributed by atoms with Crippen LogP contribution in [-0.4, -0.2) is 37.9 Å². The molecular formula is C14H24N2O. The average molecular weight is 236 g/mol. The second kappa shape index (κ2) is 6.50. The van der Waals surface area contributed by atoms with E-state index in [1.807, 2.05) is 7.05 Å². The van der Waals surface area contributed by atoms with Crippen LogP contribution in [0.1, 0.15) is 20.8 Å². The monoisotopic (exact) mass is 236 g/mol.